The minimum atomic E-state index is 0.786. The molecule has 0 unspecified atom stereocenters. The lowest BCUT2D eigenvalue weighted by atomic mass is 10.1. The maximum atomic E-state index is 5.30. The SMILES string of the molecule is COc1ccc(CCN(C)CCCBr)cc1OC. The zero-order valence-corrected chi connectivity index (χ0v) is 13.0. The fourth-order valence-corrected chi connectivity index (χ4v) is 2.05. The molecule has 0 aliphatic heterocycles. The number of nitrogens with zero attached hydrogens (tertiary/aromatic N) is 1. The van der Waals surface area contributed by atoms with Crippen LogP contribution < -0.4 is 9.47 Å². The van der Waals surface area contributed by atoms with E-state index < -0.39 is 0 Å². The Morgan fingerprint density at radius 3 is 2.44 bits per heavy atom. The average Bonchev–Trinajstić information content (AvgIpc) is 2.42. The lowest BCUT2D eigenvalue weighted by molar-refractivity contribution is 0.338. The second kappa shape index (κ2) is 8.38. The Morgan fingerprint density at radius 1 is 1.11 bits per heavy atom. The largest absolute Gasteiger partial charge is 0.493 e. The average molecular weight is 316 g/mol. The van der Waals surface area contributed by atoms with Crippen LogP contribution in [0.15, 0.2) is 18.2 Å². The van der Waals surface area contributed by atoms with Crippen molar-refractivity contribution in [2.75, 3.05) is 39.7 Å². The van der Waals surface area contributed by atoms with E-state index in [0.29, 0.717) is 0 Å². The van der Waals surface area contributed by atoms with Gasteiger partial charge in [0.1, 0.15) is 0 Å². The molecule has 1 aromatic carbocycles. The van der Waals surface area contributed by atoms with E-state index in [1.807, 2.05) is 6.07 Å². The van der Waals surface area contributed by atoms with Crippen molar-refractivity contribution in [1.82, 2.24) is 4.90 Å². The Balaban J connectivity index is 2.52. The lowest BCUT2D eigenvalue weighted by Gasteiger charge is -2.16. The first kappa shape index (κ1) is 15.3. The van der Waals surface area contributed by atoms with Gasteiger partial charge in [-0.25, -0.2) is 0 Å². The van der Waals surface area contributed by atoms with E-state index in [9.17, 15) is 0 Å². The third kappa shape index (κ3) is 4.86. The predicted molar refractivity (Wildman–Crippen MR) is 79.2 cm³/mol. The quantitative estimate of drug-likeness (QED) is 0.688. The molecule has 1 aromatic rings. The molecule has 0 fully saturated rings. The predicted octanol–water partition coefficient (Wildman–Crippen LogP) is 2.96. The van der Waals surface area contributed by atoms with E-state index in [4.69, 9.17) is 9.47 Å². The summed E-state index contributed by atoms with van der Waals surface area (Å²) in [6.07, 6.45) is 2.21. The highest BCUT2D eigenvalue weighted by Gasteiger charge is 2.05. The molecule has 0 aliphatic rings. The van der Waals surface area contributed by atoms with Gasteiger partial charge in [-0.05, 0) is 44.1 Å². The molecule has 0 aromatic heterocycles. The van der Waals surface area contributed by atoms with Crippen molar-refractivity contribution < 1.29 is 9.47 Å². The second-order valence-electron chi connectivity index (χ2n) is 4.29. The van der Waals surface area contributed by atoms with Gasteiger partial charge in [-0.3, -0.25) is 0 Å². The number of hydrogen-bond donors (Lipinski definition) is 0. The molecule has 0 heterocycles. The standard InChI is InChI=1S/C14H22BrNO2/c1-16(9-4-8-15)10-7-12-5-6-13(17-2)14(11-12)18-3/h5-6,11H,4,7-10H2,1-3H3. The molecule has 0 atom stereocenters. The Morgan fingerprint density at radius 2 is 1.83 bits per heavy atom. The Kier molecular flexibility index (Phi) is 7.13. The number of alkyl halides is 1. The number of halogens is 1. The van der Waals surface area contributed by atoms with Gasteiger partial charge >= 0.3 is 0 Å². The molecule has 3 nitrogen and oxygen atoms in total. The molecular weight excluding hydrogens is 294 g/mol. The number of methoxy groups -OCH3 is 2. The van der Waals surface area contributed by atoms with Crippen molar-refractivity contribution in [3.8, 4) is 11.5 Å². The molecule has 102 valence electrons. The van der Waals surface area contributed by atoms with E-state index in [0.717, 1.165) is 36.3 Å². The summed E-state index contributed by atoms with van der Waals surface area (Å²) in [6.45, 7) is 2.18. The molecule has 4 heteroatoms. The van der Waals surface area contributed by atoms with E-state index in [2.05, 4.69) is 40.0 Å². The van der Waals surface area contributed by atoms with Crippen molar-refractivity contribution >= 4 is 15.9 Å². The van der Waals surface area contributed by atoms with Crippen LogP contribution in [0.3, 0.4) is 0 Å². The van der Waals surface area contributed by atoms with Crippen LogP contribution in [0.25, 0.3) is 0 Å². The van der Waals surface area contributed by atoms with Crippen molar-refractivity contribution in [3.63, 3.8) is 0 Å². The molecule has 0 N–H and O–H groups in total. The van der Waals surface area contributed by atoms with Gasteiger partial charge in [0.05, 0.1) is 14.2 Å². The maximum absolute atomic E-state index is 5.30. The van der Waals surface area contributed by atoms with Crippen LogP contribution in [0.4, 0.5) is 0 Å². The van der Waals surface area contributed by atoms with Crippen LogP contribution in [-0.4, -0.2) is 44.6 Å². The zero-order chi connectivity index (χ0) is 13.4. The number of hydrogen-bond acceptors (Lipinski definition) is 3. The zero-order valence-electron chi connectivity index (χ0n) is 11.4. The number of rotatable bonds is 8. The minimum Gasteiger partial charge on any atom is -0.493 e. The molecule has 0 spiro atoms. The van der Waals surface area contributed by atoms with Gasteiger partial charge < -0.3 is 14.4 Å². The summed E-state index contributed by atoms with van der Waals surface area (Å²) in [5.41, 5.74) is 1.28. The molecule has 18 heavy (non-hydrogen) atoms. The molecule has 1 rings (SSSR count). The van der Waals surface area contributed by atoms with Crippen LogP contribution in [0.5, 0.6) is 11.5 Å². The van der Waals surface area contributed by atoms with Gasteiger partial charge in [0.25, 0.3) is 0 Å². The lowest BCUT2D eigenvalue weighted by Crippen LogP contribution is -2.22. The van der Waals surface area contributed by atoms with E-state index in [1.54, 1.807) is 14.2 Å². The van der Waals surface area contributed by atoms with Crippen molar-refractivity contribution in [1.29, 1.82) is 0 Å². The van der Waals surface area contributed by atoms with Crippen LogP contribution in [-0.2, 0) is 6.42 Å². The molecular formula is C14H22BrNO2. The van der Waals surface area contributed by atoms with E-state index in [1.165, 1.54) is 12.0 Å². The van der Waals surface area contributed by atoms with Gasteiger partial charge in [-0.15, -0.1) is 0 Å². The third-order valence-electron chi connectivity index (χ3n) is 2.90. The summed E-state index contributed by atoms with van der Waals surface area (Å²) in [5, 5.41) is 1.06. The molecule has 0 aliphatic carbocycles. The summed E-state index contributed by atoms with van der Waals surface area (Å²) < 4.78 is 10.5. The van der Waals surface area contributed by atoms with Crippen LogP contribution in [0.1, 0.15) is 12.0 Å². The van der Waals surface area contributed by atoms with Crippen LogP contribution in [0, 0.1) is 0 Å². The molecule has 0 bridgehead atoms. The highest BCUT2D eigenvalue weighted by atomic mass is 79.9. The normalized spacial score (nSPS) is 10.7. The minimum absolute atomic E-state index is 0.786. The first-order chi connectivity index (χ1) is 8.71. The van der Waals surface area contributed by atoms with Gasteiger partial charge in [0.15, 0.2) is 11.5 Å². The van der Waals surface area contributed by atoms with Gasteiger partial charge in [0.2, 0.25) is 0 Å². The molecule has 0 amide bonds. The van der Waals surface area contributed by atoms with Gasteiger partial charge in [0, 0.05) is 11.9 Å². The Bertz CT molecular complexity index is 358. The highest BCUT2D eigenvalue weighted by molar-refractivity contribution is 9.09. The summed E-state index contributed by atoms with van der Waals surface area (Å²) in [5.74, 6) is 1.59. The molecule has 0 radical (unpaired) electrons. The molecule has 0 saturated heterocycles. The van der Waals surface area contributed by atoms with Crippen molar-refractivity contribution in [2.45, 2.75) is 12.8 Å². The number of likely N-dealkylation sites (N-methyl/N-ethyl adjacent to an activating group) is 1. The van der Waals surface area contributed by atoms with Crippen molar-refractivity contribution in [3.05, 3.63) is 23.8 Å². The first-order valence-corrected chi connectivity index (χ1v) is 7.28. The summed E-state index contributed by atoms with van der Waals surface area (Å²) in [7, 11) is 5.48. The Hall–Kier alpha value is -0.740. The Labute approximate surface area is 118 Å². The highest BCUT2D eigenvalue weighted by Crippen LogP contribution is 2.27. The van der Waals surface area contributed by atoms with E-state index >= 15 is 0 Å². The molecule has 0 saturated carbocycles. The first-order valence-electron chi connectivity index (χ1n) is 6.16. The second-order valence-corrected chi connectivity index (χ2v) is 5.08. The monoisotopic (exact) mass is 315 g/mol. The smallest absolute Gasteiger partial charge is 0.160 e. The van der Waals surface area contributed by atoms with Crippen LogP contribution in [0.2, 0.25) is 0 Å². The topological polar surface area (TPSA) is 21.7 Å². The summed E-state index contributed by atoms with van der Waals surface area (Å²) >= 11 is 3.45. The fraction of sp³-hybridized carbons (Fsp3) is 0.571. The van der Waals surface area contributed by atoms with Crippen molar-refractivity contribution in [2.24, 2.45) is 0 Å². The number of ether oxygens (including phenoxy) is 2. The maximum Gasteiger partial charge on any atom is 0.160 e. The van der Waals surface area contributed by atoms with Gasteiger partial charge in [-0.1, -0.05) is 22.0 Å². The van der Waals surface area contributed by atoms with E-state index in [-0.39, 0.29) is 0 Å². The van der Waals surface area contributed by atoms with Gasteiger partial charge in [-0.2, -0.15) is 0 Å². The summed E-state index contributed by atoms with van der Waals surface area (Å²) in [6, 6.07) is 6.11. The third-order valence-corrected chi connectivity index (χ3v) is 3.46. The number of benzene rings is 1. The van der Waals surface area contributed by atoms with Crippen LogP contribution >= 0.6 is 15.9 Å². The summed E-state index contributed by atoms with van der Waals surface area (Å²) in [4.78, 5) is 2.35. The fourth-order valence-electron chi connectivity index (χ4n) is 1.80.